The summed E-state index contributed by atoms with van der Waals surface area (Å²) in [6, 6.07) is 7.05. The number of nitrogens with zero attached hydrogens (tertiary/aromatic N) is 1. The van der Waals surface area contributed by atoms with Gasteiger partial charge >= 0.3 is 0 Å². The van der Waals surface area contributed by atoms with E-state index < -0.39 is 0 Å². The summed E-state index contributed by atoms with van der Waals surface area (Å²) in [7, 11) is 0. The van der Waals surface area contributed by atoms with Gasteiger partial charge in [-0.3, -0.25) is 0 Å². The molecule has 1 aromatic carbocycles. The molecule has 3 atom stereocenters. The third kappa shape index (κ3) is 3.74. The number of hydrogen-bond acceptors (Lipinski definition) is 3. The van der Waals surface area contributed by atoms with Crippen LogP contribution in [-0.4, -0.2) is 31.8 Å². The summed E-state index contributed by atoms with van der Waals surface area (Å²) < 4.78 is 6.97. The molecule has 1 aromatic rings. The molecule has 0 amide bonds. The summed E-state index contributed by atoms with van der Waals surface area (Å²) in [5.41, 5.74) is 2.58. The van der Waals surface area contributed by atoms with E-state index in [9.17, 15) is 0 Å². The van der Waals surface area contributed by atoms with Gasteiger partial charge in [0.25, 0.3) is 0 Å². The SMILES string of the molecule is CCNC(C)c1ccc(N2C[C@@H](C)O[C@@H](C)C2)c(Br)c1. The maximum atomic E-state index is 5.80. The van der Waals surface area contributed by atoms with E-state index in [2.05, 4.69) is 72.0 Å². The third-order valence-electron chi connectivity index (χ3n) is 3.74. The van der Waals surface area contributed by atoms with Gasteiger partial charge in [0.05, 0.1) is 17.9 Å². The highest BCUT2D eigenvalue weighted by Crippen LogP contribution is 2.31. The second-order valence-electron chi connectivity index (χ2n) is 5.65. The fraction of sp³-hybridized carbons (Fsp3) is 0.625. The summed E-state index contributed by atoms with van der Waals surface area (Å²) in [5, 5.41) is 3.45. The van der Waals surface area contributed by atoms with Gasteiger partial charge in [0.2, 0.25) is 0 Å². The van der Waals surface area contributed by atoms with Crippen molar-refractivity contribution in [3.05, 3.63) is 28.2 Å². The highest BCUT2D eigenvalue weighted by molar-refractivity contribution is 9.10. The normalized spacial score (nSPS) is 24.8. The standard InChI is InChI=1S/C16H25BrN2O/c1-5-18-13(4)14-6-7-16(15(17)8-14)19-9-11(2)20-12(3)10-19/h6-8,11-13,18H,5,9-10H2,1-4H3/t11-,12+,13?. The minimum absolute atomic E-state index is 0.283. The van der Waals surface area contributed by atoms with Crippen LogP contribution >= 0.6 is 15.9 Å². The van der Waals surface area contributed by atoms with Gasteiger partial charge in [-0.2, -0.15) is 0 Å². The molecule has 20 heavy (non-hydrogen) atoms. The first kappa shape index (κ1) is 15.8. The Labute approximate surface area is 130 Å². The minimum atomic E-state index is 0.283. The number of rotatable bonds is 4. The van der Waals surface area contributed by atoms with Crippen LogP contribution in [0.3, 0.4) is 0 Å². The Morgan fingerprint density at radius 1 is 1.35 bits per heavy atom. The number of hydrogen-bond donors (Lipinski definition) is 1. The van der Waals surface area contributed by atoms with Crippen LogP contribution in [-0.2, 0) is 4.74 Å². The Morgan fingerprint density at radius 3 is 2.55 bits per heavy atom. The van der Waals surface area contributed by atoms with Crippen molar-refractivity contribution in [2.75, 3.05) is 24.5 Å². The molecular formula is C16H25BrN2O. The number of ether oxygens (including phenoxy) is 1. The van der Waals surface area contributed by atoms with Crippen molar-refractivity contribution in [1.82, 2.24) is 5.32 Å². The topological polar surface area (TPSA) is 24.5 Å². The summed E-state index contributed by atoms with van der Waals surface area (Å²) in [4.78, 5) is 2.41. The van der Waals surface area contributed by atoms with Gasteiger partial charge in [0, 0.05) is 23.6 Å². The van der Waals surface area contributed by atoms with Gasteiger partial charge in [-0.1, -0.05) is 13.0 Å². The first-order chi connectivity index (χ1) is 9.51. The second kappa shape index (κ2) is 6.92. The van der Waals surface area contributed by atoms with Crippen molar-refractivity contribution >= 4 is 21.6 Å². The van der Waals surface area contributed by atoms with Crippen molar-refractivity contribution in [3.63, 3.8) is 0 Å². The van der Waals surface area contributed by atoms with Gasteiger partial charge < -0.3 is 15.0 Å². The molecule has 1 heterocycles. The monoisotopic (exact) mass is 340 g/mol. The Morgan fingerprint density at radius 2 is 2.00 bits per heavy atom. The predicted octanol–water partition coefficient (Wildman–Crippen LogP) is 3.73. The van der Waals surface area contributed by atoms with E-state index in [4.69, 9.17) is 4.74 Å². The minimum Gasteiger partial charge on any atom is -0.372 e. The summed E-state index contributed by atoms with van der Waals surface area (Å²) in [5.74, 6) is 0. The van der Waals surface area contributed by atoms with Crippen LogP contribution in [0.2, 0.25) is 0 Å². The maximum Gasteiger partial charge on any atom is 0.0726 e. The highest BCUT2D eigenvalue weighted by atomic mass is 79.9. The maximum absolute atomic E-state index is 5.80. The molecule has 3 nitrogen and oxygen atoms in total. The molecule has 0 bridgehead atoms. The van der Waals surface area contributed by atoms with Crippen LogP contribution in [0.15, 0.2) is 22.7 Å². The van der Waals surface area contributed by atoms with Crippen molar-refractivity contribution in [2.24, 2.45) is 0 Å². The summed E-state index contributed by atoms with van der Waals surface area (Å²) >= 11 is 3.73. The van der Waals surface area contributed by atoms with Crippen LogP contribution in [0.1, 0.15) is 39.3 Å². The van der Waals surface area contributed by atoms with Crippen LogP contribution in [0.5, 0.6) is 0 Å². The molecule has 1 saturated heterocycles. The molecule has 1 aliphatic rings. The largest absolute Gasteiger partial charge is 0.372 e. The average Bonchev–Trinajstić information content (AvgIpc) is 2.37. The van der Waals surface area contributed by atoms with Gasteiger partial charge in [-0.25, -0.2) is 0 Å². The molecule has 0 radical (unpaired) electrons. The second-order valence-corrected chi connectivity index (χ2v) is 6.51. The lowest BCUT2D eigenvalue weighted by Gasteiger charge is -2.37. The molecule has 112 valence electrons. The fourth-order valence-electron chi connectivity index (χ4n) is 2.85. The lowest BCUT2D eigenvalue weighted by Crippen LogP contribution is -2.45. The van der Waals surface area contributed by atoms with Crippen molar-refractivity contribution in [1.29, 1.82) is 0 Å². The Kier molecular flexibility index (Phi) is 5.47. The lowest BCUT2D eigenvalue weighted by molar-refractivity contribution is -0.00525. The number of morpholine rings is 1. The van der Waals surface area contributed by atoms with Crippen molar-refractivity contribution < 1.29 is 4.74 Å². The van der Waals surface area contributed by atoms with E-state index in [0.29, 0.717) is 6.04 Å². The molecular weight excluding hydrogens is 316 g/mol. The van der Waals surface area contributed by atoms with E-state index in [1.54, 1.807) is 0 Å². The average molecular weight is 341 g/mol. The molecule has 1 unspecified atom stereocenters. The van der Waals surface area contributed by atoms with Gasteiger partial charge in [-0.15, -0.1) is 0 Å². The van der Waals surface area contributed by atoms with Crippen LogP contribution < -0.4 is 10.2 Å². The van der Waals surface area contributed by atoms with Crippen molar-refractivity contribution in [3.8, 4) is 0 Å². The molecule has 1 fully saturated rings. The number of benzene rings is 1. The molecule has 0 spiro atoms. The number of anilines is 1. The smallest absolute Gasteiger partial charge is 0.0726 e. The van der Waals surface area contributed by atoms with Gasteiger partial charge in [0.15, 0.2) is 0 Å². The van der Waals surface area contributed by atoms with Gasteiger partial charge in [0.1, 0.15) is 0 Å². The molecule has 4 heteroatoms. The zero-order valence-electron chi connectivity index (χ0n) is 12.8. The molecule has 0 aromatic heterocycles. The van der Waals surface area contributed by atoms with Crippen LogP contribution in [0.4, 0.5) is 5.69 Å². The predicted molar refractivity (Wildman–Crippen MR) is 88.5 cm³/mol. The Bertz CT molecular complexity index is 442. The number of nitrogens with one attached hydrogen (secondary N) is 1. The molecule has 0 aliphatic carbocycles. The zero-order chi connectivity index (χ0) is 14.7. The summed E-state index contributed by atoms with van der Waals surface area (Å²) in [6.45, 7) is 11.5. The molecule has 1 aliphatic heterocycles. The van der Waals surface area contributed by atoms with Crippen LogP contribution in [0.25, 0.3) is 0 Å². The Hall–Kier alpha value is -0.580. The van der Waals surface area contributed by atoms with E-state index >= 15 is 0 Å². The van der Waals surface area contributed by atoms with E-state index in [1.807, 2.05) is 0 Å². The first-order valence-corrected chi connectivity index (χ1v) is 8.23. The van der Waals surface area contributed by atoms with Gasteiger partial charge in [-0.05, 0) is 60.9 Å². The summed E-state index contributed by atoms with van der Waals surface area (Å²) in [6.07, 6.45) is 0.567. The van der Waals surface area contributed by atoms with E-state index in [-0.39, 0.29) is 12.2 Å². The van der Waals surface area contributed by atoms with Crippen LogP contribution in [0, 0.1) is 0 Å². The molecule has 1 N–H and O–H groups in total. The fourth-order valence-corrected chi connectivity index (χ4v) is 3.49. The molecule has 0 saturated carbocycles. The van der Waals surface area contributed by atoms with Crippen molar-refractivity contribution in [2.45, 2.75) is 45.9 Å². The highest BCUT2D eigenvalue weighted by Gasteiger charge is 2.23. The first-order valence-electron chi connectivity index (χ1n) is 7.44. The zero-order valence-corrected chi connectivity index (χ0v) is 14.4. The third-order valence-corrected chi connectivity index (χ3v) is 4.38. The van der Waals surface area contributed by atoms with E-state index in [0.717, 1.165) is 19.6 Å². The quantitative estimate of drug-likeness (QED) is 0.903. The Balaban J connectivity index is 2.17. The number of halogens is 1. The van der Waals surface area contributed by atoms with E-state index in [1.165, 1.54) is 15.7 Å². The molecule has 2 rings (SSSR count). The lowest BCUT2D eigenvalue weighted by atomic mass is 10.1.